The molecule has 0 unspecified atom stereocenters. The van der Waals surface area contributed by atoms with Gasteiger partial charge < -0.3 is 10.0 Å². The van der Waals surface area contributed by atoms with E-state index in [9.17, 15) is 4.79 Å². The van der Waals surface area contributed by atoms with Gasteiger partial charge in [0, 0.05) is 13.1 Å². The lowest BCUT2D eigenvalue weighted by Crippen LogP contribution is -2.31. The fourth-order valence-electron chi connectivity index (χ4n) is 2.08. The molecule has 2 heterocycles. The number of hydrogen-bond donors (Lipinski definition) is 1. The first-order valence-corrected chi connectivity index (χ1v) is 7.32. The molecule has 0 atom stereocenters. The molecule has 1 aliphatic heterocycles. The van der Waals surface area contributed by atoms with Crippen molar-refractivity contribution in [2.24, 2.45) is 5.41 Å². The summed E-state index contributed by atoms with van der Waals surface area (Å²) < 4.78 is 0. The molecule has 0 aromatic carbocycles. The highest BCUT2D eigenvalue weighted by Gasteiger charge is 2.24. The van der Waals surface area contributed by atoms with Crippen LogP contribution in [0.1, 0.15) is 36.9 Å². The molecule has 0 amide bonds. The first-order valence-electron chi connectivity index (χ1n) is 6.13. The zero-order valence-electron chi connectivity index (χ0n) is 11.2. The van der Waals surface area contributed by atoms with Crippen LogP contribution in [-0.2, 0) is 0 Å². The zero-order chi connectivity index (χ0) is 14.2. The molecule has 1 aromatic heterocycles. The number of anilines is 1. The van der Waals surface area contributed by atoms with Gasteiger partial charge in [-0.05, 0) is 11.8 Å². The Labute approximate surface area is 121 Å². The van der Waals surface area contributed by atoms with Crippen LogP contribution < -0.4 is 4.90 Å². The van der Waals surface area contributed by atoms with Crippen LogP contribution in [0.5, 0.6) is 0 Å². The van der Waals surface area contributed by atoms with Crippen molar-refractivity contribution in [3.63, 3.8) is 0 Å². The van der Waals surface area contributed by atoms with E-state index < -0.39 is 5.97 Å². The molecule has 0 radical (unpaired) electrons. The Bertz CT molecular complexity index is 531. The average molecular weight is 301 g/mol. The molecule has 0 spiro atoms. The highest BCUT2D eigenvalue weighted by Crippen LogP contribution is 2.34. The van der Waals surface area contributed by atoms with E-state index in [-0.39, 0.29) is 15.4 Å². The number of nitrogens with zero attached hydrogens (tertiary/aromatic N) is 2. The average Bonchev–Trinajstić information content (AvgIpc) is 2.70. The van der Waals surface area contributed by atoms with Gasteiger partial charge in [0.15, 0.2) is 15.2 Å². The van der Waals surface area contributed by atoms with Crippen molar-refractivity contribution in [3.8, 4) is 0 Å². The van der Waals surface area contributed by atoms with E-state index in [1.54, 1.807) is 0 Å². The van der Waals surface area contributed by atoms with E-state index in [0.29, 0.717) is 5.13 Å². The molecule has 2 rings (SSSR count). The normalized spacial score (nSPS) is 16.4. The number of carboxylic acid groups (broad SMARTS) is 1. The minimum atomic E-state index is -1.02. The van der Waals surface area contributed by atoms with Gasteiger partial charge in [-0.3, -0.25) is 0 Å². The van der Waals surface area contributed by atoms with E-state index in [2.05, 4.69) is 36.7 Å². The molecule has 4 nitrogen and oxygen atoms in total. The van der Waals surface area contributed by atoms with Gasteiger partial charge in [-0.15, -0.1) is 0 Å². The molecule has 1 aromatic rings. The maximum Gasteiger partial charge on any atom is 0.349 e. The molecule has 1 aliphatic rings. The summed E-state index contributed by atoms with van der Waals surface area (Å²) in [4.78, 5) is 17.3. The minimum absolute atomic E-state index is 0.0816. The highest BCUT2D eigenvalue weighted by molar-refractivity contribution is 7.18. The van der Waals surface area contributed by atoms with Crippen molar-refractivity contribution in [1.82, 2.24) is 4.98 Å². The van der Waals surface area contributed by atoms with Crippen LogP contribution in [0.4, 0.5) is 5.13 Å². The van der Waals surface area contributed by atoms with E-state index in [1.807, 2.05) is 0 Å². The predicted octanol–water partition coefficient (Wildman–Crippen LogP) is 3.68. The van der Waals surface area contributed by atoms with Gasteiger partial charge >= 0.3 is 5.97 Å². The van der Waals surface area contributed by atoms with Gasteiger partial charge in [0.05, 0.1) is 0 Å². The van der Waals surface area contributed by atoms with Crippen molar-refractivity contribution in [3.05, 3.63) is 21.7 Å². The Morgan fingerprint density at radius 2 is 2.21 bits per heavy atom. The number of rotatable bonds is 2. The molecule has 19 heavy (non-hydrogen) atoms. The van der Waals surface area contributed by atoms with E-state index in [0.717, 1.165) is 30.8 Å². The minimum Gasteiger partial charge on any atom is -0.477 e. The summed E-state index contributed by atoms with van der Waals surface area (Å²) in [5, 5.41) is 9.75. The summed E-state index contributed by atoms with van der Waals surface area (Å²) in [6.45, 7) is 8.23. The Kier molecular flexibility index (Phi) is 3.87. The monoisotopic (exact) mass is 300 g/mol. The molecule has 0 aliphatic carbocycles. The molecule has 0 bridgehead atoms. The van der Waals surface area contributed by atoms with Gasteiger partial charge in [-0.2, -0.15) is 0 Å². The molecule has 0 fully saturated rings. The van der Waals surface area contributed by atoms with Crippen molar-refractivity contribution >= 4 is 34.0 Å². The van der Waals surface area contributed by atoms with Crippen LogP contribution in [0.2, 0.25) is 5.15 Å². The van der Waals surface area contributed by atoms with Gasteiger partial charge in [0.2, 0.25) is 0 Å². The summed E-state index contributed by atoms with van der Waals surface area (Å²) in [6.07, 6.45) is 3.18. The maximum absolute atomic E-state index is 11.0. The SMILES string of the molecule is CC(C)(C)C1=CCN(c2nc(Cl)c(C(=O)O)s2)CC1. The largest absolute Gasteiger partial charge is 0.477 e. The quantitative estimate of drug-likeness (QED) is 0.847. The molecule has 6 heteroatoms. The standard InChI is InChI=1S/C13H17ClN2O2S/c1-13(2,3)8-4-6-16(7-5-8)12-15-10(14)9(19-12)11(17)18/h4H,5-7H2,1-3H3,(H,17,18). The highest BCUT2D eigenvalue weighted by atomic mass is 35.5. The molecule has 0 saturated carbocycles. The van der Waals surface area contributed by atoms with E-state index in [4.69, 9.17) is 16.7 Å². The van der Waals surface area contributed by atoms with Crippen LogP contribution in [-0.4, -0.2) is 29.1 Å². The number of carboxylic acids is 1. The third-order valence-electron chi connectivity index (χ3n) is 3.21. The second kappa shape index (κ2) is 5.13. The number of thiazole rings is 1. The van der Waals surface area contributed by atoms with Gasteiger partial charge in [-0.25, -0.2) is 9.78 Å². The lowest BCUT2D eigenvalue weighted by atomic mass is 9.83. The van der Waals surface area contributed by atoms with Crippen LogP contribution in [0, 0.1) is 5.41 Å². The first kappa shape index (κ1) is 14.3. The van der Waals surface area contributed by atoms with Crippen LogP contribution in [0.25, 0.3) is 0 Å². The molecular formula is C13H17ClN2O2S. The predicted molar refractivity (Wildman–Crippen MR) is 78.5 cm³/mol. The molecular weight excluding hydrogens is 284 g/mol. The van der Waals surface area contributed by atoms with E-state index in [1.165, 1.54) is 5.57 Å². The Morgan fingerprint density at radius 3 is 2.63 bits per heavy atom. The number of hydrogen-bond acceptors (Lipinski definition) is 4. The van der Waals surface area contributed by atoms with Crippen molar-refractivity contribution < 1.29 is 9.90 Å². The Balaban J connectivity index is 2.16. The summed E-state index contributed by atoms with van der Waals surface area (Å²) in [5.41, 5.74) is 1.63. The number of aromatic carboxylic acids is 1. The zero-order valence-corrected chi connectivity index (χ0v) is 12.8. The Hall–Kier alpha value is -1.07. The van der Waals surface area contributed by atoms with Crippen molar-refractivity contribution in [1.29, 1.82) is 0 Å². The third-order valence-corrected chi connectivity index (χ3v) is 4.70. The summed E-state index contributed by atoms with van der Waals surface area (Å²) >= 11 is 6.97. The summed E-state index contributed by atoms with van der Waals surface area (Å²) in [6, 6.07) is 0. The first-order chi connectivity index (χ1) is 8.79. The fourth-order valence-corrected chi connectivity index (χ4v) is 3.24. The Morgan fingerprint density at radius 1 is 1.53 bits per heavy atom. The van der Waals surface area contributed by atoms with Crippen LogP contribution in [0.3, 0.4) is 0 Å². The van der Waals surface area contributed by atoms with Crippen LogP contribution >= 0.6 is 22.9 Å². The van der Waals surface area contributed by atoms with Gasteiger partial charge in [0.1, 0.15) is 0 Å². The fraction of sp³-hybridized carbons (Fsp3) is 0.538. The number of halogens is 1. The van der Waals surface area contributed by atoms with Gasteiger partial charge in [0.25, 0.3) is 0 Å². The second-order valence-corrected chi connectivity index (χ2v) is 6.93. The topological polar surface area (TPSA) is 53.4 Å². The molecule has 0 saturated heterocycles. The number of carbonyl (C=O) groups is 1. The second-order valence-electron chi connectivity index (χ2n) is 5.60. The third kappa shape index (κ3) is 3.09. The molecule has 1 N–H and O–H groups in total. The maximum atomic E-state index is 11.0. The lowest BCUT2D eigenvalue weighted by Gasteiger charge is -2.31. The summed E-state index contributed by atoms with van der Waals surface area (Å²) in [7, 11) is 0. The number of aromatic nitrogens is 1. The van der Waals surface area contributed by atoms with Gasteiger partial charge in [-0.1, -0.05) is 55.4 Å². The molecule has 104 valence electrons. The summed E-state index contributed by atoms with van der Waals surface area (Å²) in [5.74, 6) is -1.02. The lowest BCUT2D eigenvalue weighted by molar-refractivity contribution is 0.0702. The van der Waals surface area contributed by atoms with E-state index >= 15 is 0 Å². The van der Waals surface area contributed by atoms with Crippen molar-refractivity contribution in [2.75, 3.05) is 18.0 Å². The smallest absolute Gasteiger partial charge is 0.349 e. The van der Waals surface area contributed by atoms with Crippen LogP contribution in [0.15, 0.2) is 11.6 Å². The van der Waals surface area contributed by atoms with Crippen molar-refractivity contribution in [2.45, 2.75) is 27.2 Å².